The number of hydrogen-bond acceptors (Lipinski definition) is 3. The van der Waals surface area contributed by atoms with E-state index in [4.69, 9.17) is 4.74 Å². The minimum absolute atomic E-state index is 0.0506. The maximum atomic E-state index is 12.8. The summed E-state index contributed by atoms with van der Waals surface area (Å²) in [5.41, 5.74) is 4.76. The summed E-state index contributed by atoms with van der Waals surface area (Å²) in [6, 6.07) is 8.20. The van der Waals surface area contributed by atoms with Crippen LogP contribution in [0.3, 0.4) is 0 Å². The third kappa shape index (κ3) is 3.15. The van der Waals surface area contributed by atoms with Gasteiger partial charge in [-0.15, -0.1) is 0 Å². The number of hydrogen-bond donors (Lipinski definition) is 1. The maximum Gasteiger partial charge on any atom is 0.274 e. The molecule has 0 aliphatic carbocycles. The zero-order chi connectivity index (χ0) is 16.6. The molecule has 2 heterocycles. The first-order valence-corrected chi connectivity index (χ1v) is 7.99. The predicted octanol–water partition coefficient (Wildman–Crippen LogP) is 3.01. The predicted molar refractivity (Wildman–Crippen MR) is 88.2 cm³/mol. The molecule has 0 fully saturated rings. The van der Waals surface area contributed by atoms with Crippen LogP contribution in [0.5, 0.6) is 0 Å². The molecular weight excluding hydrogens is 290 g/mol. The highest BCUT2D eigenvalue weighted by molar-refractivity contribution is 5.94. The van der Waals surface area contributed by atoms with Gasteiger partial charge in [0.1, 0.15) is 0 Å². The topological polar surface area (TPSA) is 58.2 Å². The molecule has 1 aromatic carbocycles. The highest BCUT2D eigenvalue weighted by atomic mass is 16.5. The van der Waals surface area contributed by atoms with Crippen molar-refractivity contribution in [3.63, 3.8) is 0 Å². The summed E-state index contributed by atoms with van der Waals surface area (Å²) >= 11 is 0. The van der Waals surface area contributed by atoms with Crippen LogP contribution in [0.15, 0.2) is 24.3 Å². The van der Waals surface area contributed by atoms with E-state index in [1.807, 2.05) is 33.0 Å². The minimum atomic E-state index is -0.0510. The van der Waals surface area contributed by atoms with Gasteiger partial charge in [-0.2, -0.15) is 5.10 Å². The number of aryl methyl sites for hydroxylation is 1. The second-order valence-corrected chi connectivity index (χ2v) is 6.41. The molecule has 1 amide bonds. The van der Waals surface area contributed by atoms with Gasteiger partial charge in [-0.3, -0.25) is 9.89 Å². The Labute approximate surface area is 136 Å². The van der Waals surface area contributed by atoms with Crippen LogP contribution >= 0.6 is 0 Å². The Bertz CT molecular complexity index is 723. The Balaban J connectivity index is 1.81. The van der Waals surface area contributed by atoms with Crippen molar-refractivity contribution in [2.75, 3.05) is 7.05 Å². The molecule has 3 rings (SSSR count). The molecule has 122 valence electrons. The number of nitrogens with zero attached hydrogens (tertiary/aromatic N) is 2. The summed E-state index contributed by atoms with van der Waals surface area (Å²) in [4.78, 5) is 14.5. The molecule has 1 aromatic heterocycles. The number of ether oxygens (including phenoxy) is 1. The van der Waals surface area contributed by atoms with E-state index in [0.717, 1.165) is 23.2 Å². The molecule has 0 saturated heterocycles. The Morgan fingerprint density at radius 2 is 2.22 bits per heavy atom. The zero-order valence-corrected chi connectivity index (χ0v) is 14.1. The molecule has 23 heavy (non-hydrogen) atoms. The summed E-state index contributed by atoms with van der Waals surface area (Å²) in [6.45, 7) is 6.64. The number of nitrogens with one attached hydrogen (secondary N) is 1. The van der Waals surface area contributed by atoms with E-state index in [-0.39, 0.29) is 18.1 Å². The minimum Gasteiger partial charge on any atom is -0.369 e. The van der Waals surface area contributed by atoms with Gasteiger partial charge in [-0.05, 0) is 26.3 Å². The van der Waals surface area contributed by atoms with Crippen molar-refractivity contribution in [3.05, 3.63) is 52.3 Å². The van der Waals surface area contributed by atoms with E-state index in [0.29, 0.717) is 12.2 Å². The molecule has 0 saturated carbocycles. The first-order valence-electron chi connectivity index (χ1n) is 7.99. The van der Waals surface area contributed by atoms with Gasteiger partial charge in [0.15, 0.2) is 5.69 Å². The third-order valence-corrected chi connectivity index (χ3v) is 4.29. The van der Waals surface area contributed by atoms with Gasteiger partial charge in [-0.1, -0.05) is 29.8 Å². The van der Waals surface area contributed by atoms with Crippen molar-refractivity contribution in [1.29, 1.82) is 0 Å². The molecule has 1 aliphatic heterocycles. The Morgan fingerprint density at radius 1 is 1.43 bits per heavy atom. The van der Waals surface area contributed by atoms with Crippen LogP contribution in [-0.2, 0) is 17.7 Å². The fourth-order valence-corrected chi connectivity index (χ4v) is 3.19. The van der Waals surface area contributed by atoms with Crippen LogP contribution in [0.25, 0.3) is 0 Å². The molecule has 2 aromatic rings. The standard InChI is InChI=1S/C18H23N3O2/c1-11-6-5-7-14(8-11)10-21(4)18(22)17-15-9-12(2)23-13(3)16(15)19-20-17/h5-8,12-13H,9-10H2,1-4H3,(H,19,20)/t12-,13+/m1/s1. The highest BCUT2D eigenvalue weighted by Gasteiger charge is 2.30. The molecule has 0 spiro atoms. The van der Waals surface area contributed by atoms with Gasteiger partial charge < -0.3 is 9.64 Å². The Kier molecular flexibility index (Phi) is 4.22. The van der Waals surface area contributed by atoms with Gasteiger partial charge in [0.2, 0.25) is 0 Å². The number of fused-ring (bicyclic) bond motifs is 1. The van der Waals surface area contributed by atoms with E-state index < -0.39 is 0 Å². The SMILES string of the molecule is Cc1cccc(CN(C)C(=O)c2n[nH]c3c2C[C@@H](C)O[C@H]3C)c1. The molecule has 1 N–H and O–H groups in total. The number of benzene rings is 1. The number of amides is 1. The largest absolute Gasteiger partial charge is 0.369 e. The van der Waals surface area contributed by atoms with Gasteiger partial charge in [0.25, 0.3) is 5.91 Å². The zero-order valence-electron chi connectivity index (χ0n) is 14.1. The van der Waals surface area contributed by atoms with E-state index >= 15 is 0 Å². The Hall–Kier alpha value is -2.14. The van der Waals surface area contributed by atoms with Crippen molar-refractivity contribution in [2.45, 2.75) is 45.9 Å². The van der Waals surface area contributed by atoms with E-state index in [2.05, 4.69) is 29.3 Å². The lowest BCUT2D eigenvalue weighted by atomic mass is 9.99. The van der Waals surface area contributed by atoms with Crippen molar-refractivity contribution in [2.24, 2.45) is 0 Å². The summed E-state index contributed by atoms with van der Waals surface area (Å²) in [6.07, 6.45) is 0.767. The molecule has 0 unspecified atom stereocenters. The second-order valence-electron chi connectivity index (χ2n) is 6.41. The lowest BCUT2D eigenvalue weighted by molar-refractivity contribution is -0.00701. The van der Waals surface area contributed by atoms with E-state index in [1.165, 1.54) is 5.56 Å². The smallest absolute Gasteiger partial charge is 0.274 e. The third-order valence-electron chi connectivity index (χ3n) is 4.29. The summed E-state index contributed by atoms with van der Waals surface area (Å²) in [5, 5.41) is 7.25. The van der Waals surface area contributed by atoms with Gasteiger partial charge >= 0.3 is 0 Å². The average Bonchev–Trinajstić information content (AvgIpc) is 2.90. The van der Waals surface area contributed by atoms with E-state index in [9.17, 15) is 4.79 Å². The summed E-state index contributed by atoms with van der Waals surface area (Å²) < 4.78 is 5.78. The molecule has 0 radical (unpaired) electrons. The number of rotatable bonds is 3. The number of H-pyrrole nitrogens is 1. The van der Waals surface area contributed by atoms with Crippen molar-refractivity contribution in [3.8, 4) is 0 Å². The average molecular weight is 313 g/mol. The van der Waals surface area contributed by atoms with Gasteiger partial charge in [0.05, 0.1) is 17.9 Å². The molecule has 5 heteroatoms. The number of carbonyl (C=O) groups is 1. The van der Waals surface area contributed by atoms with Crippen LogP contribution in [0.1, 0.15) is 52.8 Å². The normalized spacial score (nSPS) is 20.2. The van der Waals surface area contributed by atoms with Gasteiger partial charge in [0, 0.05) is 25.6 Å². The quantitative estimate of drug-likeness (QED) is 0.947. The van der Waals surface area contributed by atoms with E-state index in [1.54, 1.807) is 4.90 Å². The lowest BCUT2D eigenvalue weighted by Gasteiger charge is -2.25. The number of aromatic amines is 1. The van der Waals surface area contributed by atoms with Crippen LogP contribution in [0, 0.1) is 6.92 Å². The molecule has 2 atom stereocenters. The lowest BCUT2D eigenvalue weighted by Crippen LogP contribution is -2.29. The van der Waals surface area contributed by atoms with Gasteiger partial charge in [-0.25, -0.2) is 0 Å². The molecular formula is C18H23N3O2. The molecule has 5 nitrogen and oxygen atoms in total. The first-order chi connectivity index (χ1) is 11.0. The first kappa shape index (κ1) is 15.7. The van der Waals surface area contributed by atoms with Crippen molar-refractivity contribution >= 4 is 5.91 Å². The fourth-order valence-electron chi connectivity index (χ4n) is 3.19. The summed E-state index contributed by atoms with van der Waals surface area (Å²) in [5.74, 6) is -0.0506. The fraction of sp³-hybridized carbons (Fsp3) is 0.444. The number of aromatic nitrogens is 2. The number of carbonyl (C=O) groups excluding carboxylic acids is 1. The Morgan fingerprint density at radius 3 is 2.96 bits per heavy atom. The van der Waals surface area contributed by atoms with Crippen molar-refractivity contribution < 1.29 is 9.53 Å². The second kappa shape index (κ2) is 6.16. The molecule has 0 bridgehead atoms. The summed E-state index contributed by atoms with van der Waals surface area (Å²) in [7, 11) is 1.82. The van der Waals surface area contributed by atoms with Crippen LogP contribution in [0.2, 0.25) is 0 Å². The van der Waals surface area contributed by atoms with Crippen LogP contribution in [0.4, 0.5) is 0 Å². The monoisotopic (exact) mass is 313 g/mol. The van der Waals surface area contributed by atoms with Crippen LogP contribution in [-0.4, -0.2) is 34.2 Å². The molecule has 1 aliphatic rings. The maximum absolute atomic E-state index is 12.8. The van der Waals surface area contributed by atoms with Crippen LogP contribution < -0.4 is 0 Å². The highest BCUT2D eigenvalue weighted by Crippen LogP contribution is 2.30. The van der Waals surface area contributed by atoms with Crippen molar-refractivity contribution in [1.82, 2.24) is 15.1 Å².